The van der Waals surface area contributed by atoms with E-state index in [2.05, 4.69) is 0 Å². The van der Waals surface area contributed by atoms with Gasteiger partial charge in [-0.3, -0.25) is 0 Å². The second-order valence-electron chi connectivity index (χ2n) is 3.25. The molecule has 0 aliphatic heterocycles. The van der Waals surface area contributed by atoms with Crippen LogP contribution in [-0.2, 0) is 0 Å². The molecule has 0 amide bonds. The van der Waals surface area contributed by atoms with Gasteiger partial charge in [0, 0.05) is 0 Å². The average molecular weight is 180 g/mol. The van der Waals surface area contributed by atoms with Crippen molar-refractivity contribution < 1.29 is 4.74 Å². The molecule has 1 saturated carbocycles. The Balaban J connectivity index is 2.18. The van der Waals surface area contributed by atoms with Crippen molar-refractivity contribution >= 4 is 24.9 Å². The molecule has 0 saturated heterocycles. The predicted molar refractivity (Wildman–Crippen MR) is 53.3 cm³/mol. The largest absolute Gasteiger partial charge is 0.489 e. The van der Waals surface area contributed by atoms with Gasteiger partial charge in [0.25, 0.3) is 0 Å². The summed E-state index contributed by atoms with van der Waals surface area (Å²) >= 11 is 5.98. The highest BCUT2D eigenvalue weighted by Gasteiger charge is 2.24. The molecule has 0 bridgehead atoms. The number of benzene rings is 1. The first kappa shape index (κ1) is 8.00. The summed E-state index contributed by atoms with van der Waals surface area (Å²) in [6.07, 6.45) is 2.76. The topological polar surface area (TPSA) is 9.23 Å². The summed E-state index contributed by atoms with van der Waals surface area (Å²) in [4.78, 5) is 0. The molecule has 2 rings (SSSR count). The predicted octanol–water partition coefficient (Wildman–Crippen LogP) is 1.14. The lowest BCUT2D eigenvalue weighted by Gasteiger charge is -2.06. The van der Waals surface area contributed by atoms with Gasteiger partial charge < -0.3 is 4.74 Å². The highest BCUT2D eigenvalue weighted by molar-refractivity contribution is 6.37. The molecule has 1 aromatic carbocycles. The Morgan fingerprint density at radius 3 is 2.75 bits per heavy atom. The minimum atomic E-state index is 0.421. The first-order chi connectivity index (χ1) is 5.75. The van der Waals surface area contributed by atoms with Gasteiger partial charge in [-0.05, 0) is 25.0 Å². The van der Waals surface area contributed by atoms with Crippen LogP contribution in [0.25, 0.3) is 0 Å². The van der Waals surface area contributed by atoms with E-state index in [1.165, 1.54) is 18.3 Å². The van der Waals surface area contributed by atoms with Crippen LogP contribution in [0.2, 0.25) is 5.02 Å². The zero-order valence-electron chi connectivity index (χ0n) is 7.01. The van der Waals surface area contributed by atoms with E-state index in [9.17, 15) is 0 Å². The second-order valence-corrected chi connectivity index (χ2v) is 3.66. The summed E-state index contributed by atoms with van der Waals surface area (Å²) in [5, 5.41) is 0.724. The van der Waals surface area contributed by atoms with Crippen LogP contribution in [0, 0.1) is 0 Å². The van der Waals surface area contributed by atoms with Crippen molar-refractivity contribution in [3.05, 3.63) is 23.2 Å². The normalized spacial score (nSPS) is 16.1. The number of hydrogen-bond donors (Lipinski definition) is 0. The van der Waals surface area contributed by atoms with E-state index in [0.717, 1.165) is 10.8 Å². The first-order valence-electron chi connectivity index (χ1n) is 4.18. The molecule has 1 aromatic rings. The molecule has 1 fully saturated rings. The second kappa shape index (κ2) is 3.02. The maximum Gasteiger partial charge on any atom is 0.139 e. The van der Waals surface area contributed by atoms with Crippen LogP contribution in [-0.4, -0.2) is 14.0 Å². The number of rotatable bonds is 2. The van der Waals surface area contributed by atoms with E-state index < -0.39 is 0 Å². The standard InChI is InChI=1S/C9H10BClO/c10-6-1-4-9(8(11)5-6)12-7-2-3-7/h1,4-5,7H,2-3,10H2. The molecule has 0 aromatic heterocycles. The van der Waals surface area contributed by atoms with Crippen molar-refractivity contribution in [2.75, 3.05) is 0 Å². The van der Waals surface area contributed by atoms with Crippen LogP contribution in [0.4, 0.5) is 0 Å². The average Bonchev–Trinajstić information content (AvgIpc) is 2.79. The highest BCUT2D eigenvalue weighted by Crippen LogP contribution is 2.30. The summed E-state index contributed by atoms with van der Waals surface area (Å²) in [6.45, 7) is 0. The van der Waals surface area contributed by atoms with Gasteiger partial charge in [0.05, 0.1) is 11.1 Å². The fraction of sp³-hybridized carbons (Fsp3) is 0.333. The van der Waals surface area contributed by atoms with Crippen LogP contribution >= 0.6 is 11.6 Å². The molecule has 0 radical (unpaired) electrons. The van der Waals surface area contributed by atoms with Crippen molar-refractivity contribution in [1.29, 1.82) is 0 Å². The minimum Gasteiger partial charge on any atom is -0.489 e. The quantitative estimate of drug-likeness (QED) is 0.620. The SMILES string of the molecule is Bc1ccc(OC2CC2)c(Cl)c1. The summed E-state index contributed by atoms with van der Waals surface area (Å²) < 4.78 is 5.58. The molecular formula is C9H10BClO. The van der Waals surface area contributed by atoms with Crippen LogP contribution in [0.3, 0.4) is 0 Å². The molecular weight excluding hydrogens is 170 g/mol. The fourth-order valence-electron chi connectivity index (χ4n) is 1.07. The van der Waals surface area contributed by atoms with E-state index in [0.29, 0.717) is 6.10 Å². The number of halogens is 1. The Morgan fingerprint density at radius 2 is 2.17 bits per heavy atom. The monoisotopic (exact) mass is 180 g/mol. The van der Waals surface area contributed by atoms with Gasteiger partial charge in [-0.2, -0.15) is 0 Å². The number of ether oxygens (including phenoxy) is 1. The van der Waals surface area contributed by atoms with Crippen LogP contribution in [0.1, 0.15) is 12.8 Å². The molecule has 0 unspecified atom stereocenters. The van der Waals surface area contributed by atoms with Crippen molar-refractivity contribution in [2.45, 2.75) is 18.9 Å². The number of hydrogen-bond acceptors (Lipinski definition) is 1. The van der Waals surface area contributed by atoms with Gasteiger partial charge in [-0.1, -0.05) is 23.1 Å². The summed E-state index contributed by atoms with van der Waals surface area (Å²) in [6, 6.07) is 5.89. The summed E-state index contributed by atoms with van der Waals surface area (Å²) in [5.41, 5.74) is 1.17. The van der Waals surface area contributed by atoms with Gasteiger partial charge in [-0.15, -0.1) is 0 Å². The van der Waals surface area contributed by atoms with E-state index in [4.69, 9.17) is 16.3 Å². The maximum atomic E-state index is 5.98. The van der Waals surface area contributed by atoms with Crippen LogP contribution < -0.4 is 10.2 Å². The van der Waals surface area contributed by atoms with Crippen molar-refractivity contribution in [3.8, 4) is 5.75 Å². The smallest absolute Gasteiger partial charge is 0.139 e. The molecule has 1 aliphatic rings. The van der Waals surface area contributed by atoms with Gasteiger partial charge in [0.2, 0.25) is 0 Å². The van der Waals surface area contributed by atoms with Gasteiger partial charge in [0.1, 0.15) is 13.6 Å². The van der Waals surface area contributed by atoms with Crippen molar-refractivity contribution in [1.82, 2.24) is 0 Å². The van der Waals surface area contributed by atoms with Gasteiger partial charge in [-0.25, -0.2) is 0 Å². The lowest BCUT2D eigenvalue weighted by molar-refractivity contribution is 0.303. The lowest BCUT2D eigenvalue weighted by atomic mass is 9.97. The van der Waals surface area contributed by atoms with E-state index in [1.807, 2.05) is 26.0 Å². The van der Waals surface area contributed by atoms with Gasteiger partial charge in [0.15, 0.2) is 0 Å². The van der Waals surface area contributed by atoms with Crippen LogP contribution in [0.15, 0.2) is 18.2 Å². The summed E-state index contributed by atoms with van der Waals surface area (Å²) in [7, 11) is 2.02. The molecule has 0 heterocycles. The van der Waals surface area contributed by atoms with Crippen molar-refractivity contribution in [2.24, 2.45) is 0 Å². The molecule has 0 N–H and O–H groups in total. The molecule has 0 atom stereocenters. The third-order valence-electron chi connectivity index (χ3n) is 1.91. The third-order valence-corrected chi connectivity index (χ3v) is 2.20. The van der Waals surface area contributed by atoms with E-state index >= 15 is 0 Å². The molecule has 1 nitrogen and oxygen atoms in total. The minimum absolute atomic E-state index is 0.421. The maximum absolute atomic E-state index is 5.98. The van der Waals surface area contributed by atoms with E-state index in [1.54, 1.807) is 0 Å². The lowest BCUT2D eigenvalue weighted by Crippen LogP contribution is -2.03. The molecule has 1 aliphatic carbocycles. The fourth-order valence-corrected chi connectivity index (χ4v) is 1.35. The Bertz CT molecular complexity index is 297. The molecule has 62 valence electrons. The Labute approximate surface area is 78.1 Å². The van der Waals surface area contributed by atoms with E-state index in [-0.39, 0.29) is 0 Å². The van der Waals surface area contributed by atoms with Crippen LogP contribution in [0.5, 0.6) is 5.75 Å². The Hall–Kier alpha value is -0.625. The molecule has 3 heteroatoms. The Morgan fingerprint density at radius 1 is 1.42 bits per heavy atom. The Kier molecular flexibility index (Phi) is 2.01. The first-order valence-corrected chi connectivity index (χ1v) is 4.56. The summed E-state index contributed by atoms with van der Waals surface area (Å²) in [5.74, 6) is 0.824. The van der Waals surface area contributed by atoms with Crippen molar-refractivity contribution in [3.63, 3.8) is 0 Å². The van der Waals surface area contributed by atoms with Gasteiger partial charge >= 0.3 is 0 Å². The molecule has 0 spiro atoms. The molecule has 12 heavy (non-hydrogen) atoms. The zero-order chi connectivity index (χ0) is 8.55. The zero-order valence-corrected chi connectivity index (χ0v) is 7.77. The highest BCUT2D eigenvalue weighted by atomic mass is 35.5. The third kappa shape index (κ3) is 1.75.